The first kappa shape index (κ1) is 11.0. The number of aromatic nitrogens is 2. The van der Waals surface area contributed by atoms with Crippen molar-refractivity contribution in [3.63, 3.8) is 0 Å². The van der Waals surface area contributed by atoms with Gasteiger partial charge in [0.25, 0.3) is 0 Å². The highest BCUT2D eigenvalue weighted by atomic mass is 16.2. The molecule has 86 valence electrons. The number of hydrogen-bond acceptors (Lipinski definition) is 3. The number of carbonyl (C=O) groups is 1. The van der Waals surface area contributed by atoms with E-state index >= 15 is 0 Å². The molecular weight excluding hydrogens is 202 g/mol. The van der Waals surface area contributed by atoms with Crippen LogP contribution in [-0.2, 0) is 10.2 Å². The molecule has 1 aliphatic carbocycles. The highest BCUT2D eigenvalue weighted by Crippen LogP contribution is 2.29. The fourth-order valence-corrected chi connectivity index (χ4v) is 1.35. The molecule has 0 bridgehead atoms. The molecule has 1 amide bonds. The Morgan fingerprint density at radius 1 is 1.31 bits per heavy atom. The largest absolute Gasteiger partial charge is 0.309 e. The fourth-order valence-electron chi connectivity index (χ4n) is 1.35. The molecule has 4 nitrogen and oxygen atoms in total. The summed E-state index contributed by atoms with van der Waals surface area (Å²) in [5.74, 6) is 0.812. The van der Waals surface area contributed by atoms with Crippen molar-refractivity contribution in [3.05, 3.63) is 18.1 Å². The van der Waals surface area contributed by atoms with Crippen LogP contribution in [0.25, 0.3) is 0 Å². The molecule has 16 heavy (non-hydrogen) atoms. The molecule has 1 aromatic rings. The molecule has 1 fully saturated rings. The summed E-state index contributed by atoms with van der Waals surface area (Å²) >= 11 is 0. The molecule has 0 unspecified atom stereocenters. The third-order valence-corrected chi connectivity index (χ3v) is 2.62. The van der Waals surface area contributed by atoms with E-state index < -0.39 is 0 Å². The monoisotopic (exact) mass is 219 g/mol. The van der Waals surface area contributed by atoms with Crippen LogP contribution in [0.4, 0.5) is 5.82 Å². The second kappa shape index (κ2) is 3.85. The first-order valence-electron chi connectivity index (χ1n) is 5.60. The normalized spacial score (nSPS) is 15.9. The lowest BCUT2D eigenvalue weighted by Crippen LogP contribution is -2.17. The number of carbonyl (C=O) groups excluding carboxylic acids is 1. The van der Waals surface area contributed by atoms with Gasteiger partial charge in [0.05, 0.1) is 18.1 Å². The summed E-state index contributed by atoms with van der Waals surface area (Å²) < 4.78 is 0. The molecular formula is C12H17N3O. The zero-order valence-corrected chi connectivity index (χ0v) is 9.95. The van der Waals surface area contributed by atoms with Crippen molar-refractivity contribution in [1.82, 2.24) is 9.97 Å². The maximum atomic E-state index is 11.5. The van der Waals surface area contributed by atoms with E-state index in [0.717, 1.165) is 18.5 Å². The Bertz CT molecular complexity index is 388. The van der Waals surface area contributed by atoms with Crippen molar-refractivity contribution in [2.75, 3.05) is 5.32 Å². The van der Waals surface area contributed by atoms with Gasteiger partial charge in [-0.15, -0.1) is 0 Å². The van der Waals surface area contributed by atoms with Crippen LogP contribution >= 0.6 is 0 Å². The van der Waals surface area contributed by atoms with Crippen LogP contribution < -0.4 is 5.32 Å². The van der Waals surface area contributed by atoms with E-state index in [1.54, 1.807) is 12.4 Å². The summed E-state index contributed by atoms with van der Waals surface area (Å²) in [5, 5.41) is 2.77. The van der Waals surface area contributed by atoms with Crippen LogP contribution in [0, 0.1) is 5.92 Å². The third-order valence-electron chi connectivity index (χ3n) is 2.62. The average molecular weight is 219 g/mol. The second-order valence-electron chi connectivity index (χ2n) is 5.30. The van der Waals surface area contributed by atoms with Gasteiger partial charge in [0.1, 0.15) is 0 Å². The van der Waals surface area contributed by atoms with Crippen LogP contribution in [0.15, 0.2) is 12.4 Å². The van der Waals surface area contributed by atoms with Gasteiger partial charge >= 0.3 is 0 Å². The van der Waals surface area contributed by atoms with Gasteiger partial charge in [-0.1, -0.05) is 20.8 Å². The molecule has 0 atom stereocenters. The summed E-state index contributed by atoms with van der Waals surface area (Å²) in [6.07, 6.45) is 5.35. The summed E-state index contributed by atoms with van der Waals surface area (Å²) in [6, 6.07) is 0. The molecule has 0 aliphatic heterocycles. The van der Waals surface area contributed by atoms with Gasteiger partial charge in [-0.3, -0.25) is 9.78 Å². The van der Waals surface area contributed by atoms with Gasteiger partial charge in [-0.05, 0) is 12.8 Å². The molecule has 0 radical (unpaired) electrons. The fraction of sp³-hybridized carbons (Fsp3) is 0.583. The van der Waals surface area contributed by atoms with Gasteiger partial charge in [0.15, 0.2) is 5.82 Å². The van der Waals surface area contributed by atoms with Crippen molar-refractivity contribution >= 4 is 11.7 Å². The van der Waals surface area contributed by atoms with Crippen molar-refractivity contribution in [2.45, 2.75) is 39.0 Å². The van der Waals surface area contributed by atoms with Crippen molar-refractivity contribution in [3.8, 4) is 0 Å². The van der Waals surface area contributed by atoms with E-state index in [4.69, 9.17) is 0 Å². The maximum absolute atomic E-state index is 11.5. The summed E-state index contributed by atoms with van der Waals surface area (Å²) in [4.78, 5) is 20.0. The summed E-state index contributed by atoms with van der Waals surface area (Å²) in [6.45, 7) is 6.25. The minimum Gasteiger partial charge on any atom is -0.309 e. The standard InChI is InChI=1S/C12H17N3O/c1-12(2,3)9-6-14-10(7-13-9)15-11(16)8-4-5-8/h6-8H,4-5H2,1-3H3,(H,14,15,16). The van der Waals surface area contributed by atoms with Crippen molar-refractivity contribution in [1.29, 1.82) is 0 Å². The molecule has 1 N–H and O–H groups in total. The molecule has 0 saturated heterocycles. The number of nitrogens with one attached hydrogen (secondary N) is 1. The molecule has 1 heterocycles. The molecule has 0 spiro atoms. The number of amides is 1. The number of anilines is 1. The molecule has 1 aliphatic rings. The van der Waals surface area contributed by atoms with E-state index in [-0.39, 0.29) is 17.2 Å². The SMILES string of the molecule is CC(C)(C)c1cnc(NC(=O)C2CC2)cn1. The van der Waals surface area contributed by atoms with E-state index in [0.29, 0.717) is 5.82 Å². The van der Waals surface area contributed by atoms with E-state index in [1.807, 2.05) is 0 Å². The van der Waals surface area contributed by atoms with Crippen LogP contribution in [-0.4, -0.2) is 15.9 Å². The average Bonchev–Trinajstić information content (AvgIpc) is 3.00. The van der Waals surface area contributed by atoms with Gasteiger partial charge in [0, 0.05) is 11.3 Å². The van der Waals surface area contributed by atoms with Gasteiger partial charge < -0.3 is 5.32 Å². The highest BCUT2D eigenvalue weighted by molar-refractivity contribution is 5.93. The maximum Gasteiger partial charge on any atom is 0.228 e. The Morgan fingerprint density at radius 2 is 2.00 bits per heavy atom. The number of hydrogen-bond donors (Lipinski definition) is 1. The van der Waals surface area contributed by atoms with Crippen molar-refractivity contribution in [2.24, 2.45) is 5.92 Å². The Morgan fingerprint density at radius 3 is 2.44 bits per heavy atom. The molecule has 1 saturated carbocycles. The Labute approximate surface area is 95.5 Å². The minimum atomic E-state index is -0.00791. The molecule has 0 aromatic carbocycles. The Kier molecular flexibility index (Phi) is 2.66. The van der Waals surface area contributed by atoms with E-state index in [2.05, 4.69) is 36.1 Å². The Hall–Kier alpha value is -1.45. The molecule has 2 rings (SSSR count). The number of rotatable bonds is 2. The first-order valence-corrected chi connectivity index (χ1v) is 5.60. The van der Waals surface area contributed by atoms with Crippen molar-refractivity contribution < 1.29 is 4.79 Å². The van der Waals surface area contributed by atoms with Crippen LogP contribution in [0.1, 0.15) is 39.3 Å². The topological polar surface area (TPSA) is 54.9 Å². The quantitative estimate of drug-likeness (QED) is 0.829. The first-order chi connectivity index (χ1) is 7.47. The van der Waals surface area contributed by atoms with Gasteiger partial charge in [-0.25, -0.2) is 4.98 Å². The minimum absolute atomic E-state index is 0.00791. The van der Waals surface area contributed by atoms with Gasteiger partial charge in [0.2, 0.25) is 5.91 Å². The van der Waals surface area contributed by atoms with Crippen LogP contribution in [0.2, 0.25) is 0 Å². The zero-order chi connectivity index (χ0) is 11.8. The Balaban J connectivity index is 2.04. The molecule has 4 heteroatoms. The third kappa shape index (κ3) is 2.56. The summed E-state index contributed by atoms with van der Waals surface area (Å²) in [7, 11) is 0. The summed E-state index contributed by atoms with van der Waals surface area (Å²) in [5.41, 5.74) is 0.920. The molecule has 1 aromatic heterocycles. The number of nitrogens with zero attached hydrogens (tertiary/aromatic N) is 2. The van der Waals surface area contributed by atoms with Gasteiger partial charge in [-0.2, -0.15) is 0 Å². The van der Waals surface area contributed by atoms with E-state index in [1.165, 1.54) is 0 Å². The van der Waals surface area contributed by atoms with Crippen LogP contribution in [0.5, 0.6) is 0 Å². The predicted octanol–water partition coefficient (Wildman–Crippen LogP) is 2.12. The van der Waals surface area contributed by atoms with E-state index in [9.17, 15) is 4.79 Å². The smallest absolute Gasteiger partial charge is 0.228 e. The lowest BCUT2D eigenvalue weighted by molar-refractivity contribution is -0.117. The lowest BCUT2D eigenvalue weighted by Gasteiger charge is -2.16. The predicted molar refractivity (Wildman–Crippen MR) is 62.1 cm³/mol. The van der Waals surface area contributed by atoms with Crippen LogP contribution in [0.3, 0.4) is 0 Å². The highest BCUT2D eigenvalue weighted by Gasteiger charge is 2.29. The second-order valence-corrected chi connectivity index (χ2v) is 5.30. The zero-order valence-electron chi connectivity index (χ0n) is 9.95. The lowest BCUT2D eigenvalue weighted by atomic mass is 9.93.